The number of benzene rings is 2. The molecule has 1 aromatic heterocycles. The Hall–Kier alpha value is -3.01. The van der Waals surface area contributed by atoms with E-state index in [-0.39, 0.29) is 5.91 Å². The second kappa shape index (κ2) is 8.99. The van der Waals surface area contributed by atoms with Crippen LogP contribution in [0, 0.1) is 13.8 Å². The molecule has 0 saturated heterocycles. The Morgan fingerprint density at radius 1 is 1.14 bits per heavy atom. The van der Waals surface area contributed by atoms with Gasteiger partial charge in [-0.1, -0.05) is 30.7 Å². The van der Waals surface area contributed by atoms with Crippen LogP contribution in [0.15, 0.2) is 47.1 Å². The van der Waals surface area contributed by atoms with Crippen molar-refractivity contribution in [2.75, 3.05) is 13.2 Å². The minimum atomic E-state index is -0.0892. The fourth-order valence-corrected chi connectivity index (χ4v) is 3.54. The molecule has 1 N–H and O–H groups in total. The van der Waals surface area contributed by atoms with Crippen molar-refractivity contribution >= 4 is 22.4 Å². The van der Waals surface area contributed by atoms with Gasteiger partial charge in [-0.25, -0.2) is 0 Å². The van der Waals surface area contributed by atoms with Gasteiger partial charge in [-0.2, -0.15) is 0 Å². The van der Waals surface area contributed by atoms with Crippen LogP contribution in [0.4, 0.5) is 0 Å². The first-order chi connectivity index (χ1) is 13.9. The van der Waals surface area contributed by atoms with Crippen molar-refractivity contribution in [3.63, 3.8) is 0 Å². The number of hydrogen-bond donors (Lipinski definition) is 1. The van der Waals surface area contributed by atoms with Gasteiger partial charge in [0.1, 0.15) is 11.3 Å². The fourth-order valence-electron chi connectivity index (χ4n) is 3.54. The molecule has 0 spiro atoms. The Kier molecular flexibility index (Phi) is 6.42. The number of fused-ring (bicyclic) bond motifs is 1. The van der Waals surface area contributed by atoms with E-state index in [4.69, 9.17) is 9.15 Å². The van der Waals surface area contributed by atoms with Gasteiger partial charge in [0.2, 0.25) is 5.91 Å². The molecule has 29 heavy (non-hydrogen) atoms. The molecule has 0 radical (unpaired) electrons. The zero-order valence-corrected chi connectivity index (χ0v) is 17.9. The highest BCUT2D eigenvalue weighted by Gasteiger charge is 2.16. The largest absolute Gasteiger partial charge is 0.493 e. The normalized spacial score (nSPS) is 11.7. The minimum Gasteiger partial charge on any atom is -0.493 e. The Labute approximate surface area is 172 Å². The molecule has 0 fully saturated rings. The molecule has 0 aliphatic heterocycles. The van der Waals surface area contributed by atoms with E-state index in [1.807, 2.05) is 26.8 Å². The number of rotatable bonds is 7. The lowest BCUT2D eigenvalue weighted by Crippen LogP contribution is -2.21. The van der Waals surface area contributed by atoms with E-state index in [1.165, 1.54) is 11.1 Å². The third-order valence-corrected chi connectivity index (χ3v) is 4.97. The van der Waals surface area contributed by atoms with Gasteiger partial charge >= 0.3 is 0 Å². The van der Waals surface area contributed by atoms with E-state index in [0.29, 0.717) is 13.2 Å². The van der Waals surface area contributed by atoms with Crippen LogP contribution < -0.4 is 10.1 Å². The van der Waals surface area contributed by atoms with Crippen molar-refractivity contribution in [1.29, 1.82) is 0 Å². The number of aryl methyl sites for hydroxylation is 2. The molecule has 0 unspecified atom stereocenters. The smallest absolute Gasteiger partial charge is 0.244 e. The van der Waals surface area contributed by atoms with Crippen LogP contribution in [0.25, 0.3) is 27.7 Å². The van der Waals surface area contributed by atoms with Gasteiger partial charge in [0.05, 0.1) is 12.9 Å². The molecule has 1 amide bonds. The lowest BCUT2D eigenvalue weighted by atomic mass is 9.96. The zero-order valence-electron chi connectivity index (χ0n) is 17.9. The van der Waals surface area contributed by atoms with Crippen LogP contribution in [-0.4, -0.2) is 19.1 Å². The van der Waals surface area contributed by atoms with Gasteiger partial charge in [0.15, 0.2) is 0 Å². The van der Waals surface area contributed by atoms with E-state index in [9.17, 15) is 4.79 Å². The van der Waals surface area contributed by atoms with Crippen LogP contribution in [-0.2, 0) is 4.79 Å². The average Bonchev–Trinajstić information content (AvgIpc) is 3.08. The molecule has 0 atom stereocenters. The number of nitrogens with one attached hydrogen (secondary N) is 1. The van der Waals surface area contributed by atoms with Crippen molar-refractivity contribution in [1.82, 2.24) is 5.32 Å². The summed E-state index contributed by atoms with van der Waals surface area (Å²) in [7, 11) is 0. The highest BCUT2D eigenvalue weighted by atomic mass is 16.5. The Morgan fingerprint density at radius 3 is 2.62 bits per heavy atom. The van der Waals surface area contributed by atoms with Gasteiger partial charge in [-0.15, -0.1) is 0 Å². The fraction of sp³-hybridized carbons (Fsp3) is 0.320. The summed E-state index contributed by atoms with van der Waals surface area (Å²) in [6.07, 6.45) is 4.34. The van der Waals surface area contributed by atoms with E-state index in [1.54, 1.807) is 12.3 Å². The first kappa shape index (κ1) is 20.7. The second-order valence-corrected chi connectivity index (χ2v) is 7.36. The maximum absolute atomic E-state index is 12.2. The summed E-state index contributed by atoms with van der Waals surface area (Å²) in [4.78, 5) is 12.2. The van der Waals surface area contributed by atoms with Crippen molar-refractivity contribution in [2.24, 2.45) is 0 Å². The Balaban J connectivity index is 2.12. The Morgan fingerprint density at radius 2 is 1.93 bits per heavy atom. The quantitative estimate of drug-likeness (QED) is 0.499. The van der Waals surface area contributed by atoms with Gasteiger partial charge in [-0.05, 0) is 56.9 Å². The molecule has 3 aromatic rings. The predicted molar refractivity (Wildman–Crippen MR) is 119 cm³/mol. The van der Waals surface area contributed by atoms with E-state index in [2.05, 4.69) is 43.4 Å². The van der Waals surface area contributed by atoms with E-state index < -0.39 is 0 Å². The zero-order chi connectivity index (χ0) is 21.0. The Bertz CT molecular complexity index is 1060. The number of carbonyl (C=O) groups excluding carboxylic acids is 1. The van der Waals surface area contributed by atoms with Crippen LogP contribution in [0.2, 0.25) is 0 Å². The molecule has 1 heterocycles. The second-order valence-electron chi connectivity index (χ2n) is 7.36. The highest BCUT2D eigenvalue weighted by molar-refractivity contribution is 6.00. The lowest BCUT2D eigenvalue weighted by Gasteiger charge is -2.12. The topological polar surface area (TPSA) is 51.5 Å². The number of allylic oxidation sites excluding steroid dienone is 1. The molecule has 4 heteroatoms. The lowest BCUT2D eigenvalue weighted by molar-refractivity contribution is -0.116. The number of furan rings is 1. The summed E-state index contributed by atoms with van der Waals surface area (Å²) < 4.78 is 11.7. The minimum absolute atomic E-state index is 0.0892. The summed E-state index contributed by atoms with van der Waals surface area (Å²) in [6, 6.07) is 10.4. The molecule has 3 rings (SSSR count). The van der Waals surface area contributed by atoms with Gasteiger partial charge in [0, 0.05) is 35.2 Å². The average molecular weight is 392 g/mol. The predicted octanol–water partition coefficient (Wildman–Crippen LogP) is 6.04. The molecule has 152 valence electrons. The third kappa shape index (κ3) is 4.53. The van der Waals surface area contributed by atoms with Gasteiger partial charge in [-0.3, -0.25) is 4.79 Å². The maximum Gasteiger partial charge on any atom is 0.244 e. The molecule has 2 aromatic carbocycles. The SMILES string of the molecule is CCCNC(=O)/C=C(\C)c1cc2c(-c3ccc(C)cc3C)coc2cc1OCC. The molecule has 4 nitrogen and oxygen atoms in total. The first-order valence-corrected chi connectivity index (χ1v) is 10.2. The highest BCUT2D eigenvalue weighted by Crippen LogP contribution is 2.38. The number of ether oxygens (including phenoxy) is 1. The van der Waals surface area contributed by atoms with Crippen molar-refractivity contribution in [2.45, 2.75) is 41.0 Å². The summed E-state index contributed by atoms with van der Waals surface area (Å²) >= 11 is 0. The summed E-state index contributed by atoms with van der Waals surface area (Å²) in [5.41, 5.74) is 7.16. The summed E-state index contributed by atoms with van der Waals surface area (Å²) in [5, 5.41) is 3.90. The van der Waals surface area contributed by atoms with Crippen LogP contribution in [0.1, 0.15) is 43.9 Å². The molecule has 0 saturated carbocycles. The van der Waals surface area contributed by atoms with Crippen molar-refractivity contribution in [3.05, 3.63) is 59.4 Å². The van der Waals surface area contributed by atoms with E-state index >= 15 is 0 Å². The van der Waals surface area contributed by atoms with Crippen LogP contribution in [0.3, 0.4) is 0 Å². The molecular formula is C25H29NO3. The van der Waals surface area contributed by atoms with Crippen LogP contribution in [0.5, 0.6) is 5.75 Å². The number of carbonyl (C=O) groups is 1. The molecule has 0 aliphatic rings. The summed E-state index contributed by atoms with van der Waals surface area (Å²) in [6.45, 7) is 11.3. The molecular weight excluding hydrogens is 362 g/mol. The van der Waals surface area contributed by atoms with Crippen LogP contribution >= 0.6 is 0 Å². The molecule has 0 aliphatic carbocycles. The maximum atomic E-state index is 12.2. The van der Waals surface area contributed by atoms with Gasteiger partial charge in [0.25, 0.3) is 0 Å². The molecule has 0 bridgehead atoms. The number of amides is 1. The number of hydrogen-bond acceptors (Lipinski definition) is 3. The van der Waals surface area contributed by atoms with Crippen molar-refractivity contribution < 1.29 is 13.9 Å². The van der Waals surface area contributed by atoms with E-state index in [0.717, 1.165) is 45.4 Å². The standard InChI is InChI=1S/C25H29NO3/c1-6-10-26-25(27)12-18(5)20-13-21-22(19-9-8-16(3)11-17(19)4)15-29-24(21)14-23(20)28-7-2/h8-9,11-15H,6-7,10H2,1-5H3,(H,26,27)/b18-12+. The third-order valence-electron chi connectivity index (χ3n) is 4.97. The van der Waals surface area contributed by atoms with Crippen molar-refractivity contribution in [3.8, 4) is 16.9 Å². The summed E-state index contributed by atoms with van der Waals surface area (Å²) in [5.74, 6) is 0.632. The first-order valence-electron chi connectivity index (χ1n) is 10.2. The monoisotopic (exact) mass is 391 g/mol. The van der Waals surface area contributed by atoms with Gasteiger partial charge < -0.3 is 14.5 Å².